The van der Waals surface area contributed by atoms with Crippen LogP contribution < -0.4 is 16.4 Å². The van der Waals surface area contributed by atoms with Crippen LogP contribution in [0.15, 0.2) is 46.8 Å². The fourth-order valence-corrected chi connectivity index (χ4v) is 3.71. The zero-order valence-corrected chi connectivity index (χ0v) is 17.5. The number of nitrogen functional groups attached to an aromatic ring is 1. The van der Waals surface area contributed by atoms with Gasteiger partial charge in [-0.1, -0.05) is 6.07 Å². The third-order valence-electron chi connectivity index (χ3n) is 4.53. The Morgan fingerprint density at radius 1 is 1.23 bits per heavy atom. The number of thiophene rings is 1. The third-order valence-corrected chi connectivity index (χ3v) is 5.46. The molecule has 3 rings (SSSR count). The molecule has 0 atom stereocenters. The minimum Gasteiger partial charge on any atom is -0.382 e. The molecule has 0 radical (unpaired) electrons. The van der Waals surface area contributed by atoms with E-state index in [1.165, 1.54) is 21.7 Å². The van der Waals surface area contributed by atoms with Gasteiger partial charge in [0.2, 0.25) is 0 Å². The lowest BCUT2D eigenvalue weighted by atomic mass is 10.1. The monoisotopic (exact) mass is 425 g/mol. The molecule has 1 aromatic carbocycles. The Hall–Kier alpha value is -3.38. The van der Waals surface area contributed by atoms with Crippen LogP contribution in [0.4, 0.5) is 10.2 Å². The van der Waals surface area contributed by atoms with E-state index in [4.69, 9.17) is 5.73 Å². The molecule has 2 heterocycles. The molecule has 9 heteroatoms. The van der Waals surface area contributed by atoms with Gasteiger partial charge < -0.3 is 16.4 Å². The second kappa shape index (κ2) is 10.4. The number of halogens is 1. The highest BCUT2D eigenvalue weighted by atomic mass is 32.1. The summed E-state index contributed by atoms with van der Waals surface area (Å²) in [7, 11) is 1.74. The van der Waals surface area contributed by atoms with Crippen molar-refractivity contribution in [3.63, 3.8) is 0 Å². The Morgan fingerprint density at radius 3 is 2.67 bits per heavy atom. The van der Waals surface area contributed by atoms with Crippen molar-refractivity contribution < 1.29 is 4.39 Å². The average molecular weight is 426 g/mol. The van der Waals surface area contributed by atoms with Crippen LogP contribution in [0.25, 0.3) is 5.69 Å². The van der Waals surface area contributed by atoms with Crippen molar-refractivity contribution in [1.82, 2.24) is 20.4 Å². The number of guanidine groups is 1. The first-order valence-corrected chi connectivity index (χ1v) is 10.5. The minimum atomic E-state index is -0.339. The summed E-state index contributed by atoms with van der Waals surface area (Å²) in [6.45, 7) is 1.48. The van der Waals surface area contributed by atoms with Gasteiger partial charge in [-0.2, -0.15) is 10.4 Å². The van der Waals surface area contributed by atoms with E-state index in [9.17, 15) is 9.65 Å². The highest BCUT2D eigenvalue weighted by Crippen LogP contribution is 2.21. The first kappa shape index (κ1) is 21.3. The topological polar surface area (TPSA) is 104 Å². The number of anilines is 1. The molecule has 0 aliphatic rings. The molecule has 0 aliphatic heterocycles. The number of rotatable bonds is 8. The quantitative estimate of drug-likeness (QED) is 0.292. The van der Waals surface area contributed by atoms with Crippen molar-refractivity contribution in [1.29, 1.82) is 5.26 Å². The van der Waals surface area contributed by atoms with Gasteiger partial charge in [0, 0.05) is 25.0 Å². The fourth-order valence-electron chi connectivity index (χ4n) is 3.00. The highest BCUT2D eigenvalue weighted by molar-refractivity contribution is 7.09. The van der Waals surface area contributed by atoms with Gasteiger partial charge in [-0.25, -0.2) is 9.07 Å². The maximum atomic E-state index is 13.2. The summed E-state index contributed by atoms with van der Waals surface area (Å²) < 4.78 is 14.6. The molecule has 0 saturated heterocycles. The van der Waals surface area contributed by atoms with E-state index in [-0.39, 0.29) is 11.6 Å². The molecule has 7 nitrogen and oxygen atoms in total. The van der Waals surface area contributed by atoms with Gasteiger partial charge in [-0.3, -0.25) is 4.99 Å². The minimum absolute atomic E-state index is 0.262. The molecule has 4 N–H and O–H groups in total. The van der Waals surface area contributed by atoms with E-state index >= 15 is 0 Å². The zero-order valence-electron chi connectivity index (χ0n) is 16.7. The Bertz CT molecular complexity index is 1020. The molecule has 156 valence electrons. The number of benzene rings is 1. The van der Waals surface area contributed by atoms with Crippen molar-refractivity contribution in [2.45, 2.75) is 19.3 Å². The summed E-state index contributed by atoms with van der Waals surface area (Å²) in [5, 5.41) is 22.6. The van der Waals surface area contributed by atoms with Crippen LogP contribution in [0.2, 0.25) is 0 Å². The number of aromatic nitrogens is 2. The summed E-state index contributed by atoms with van der Waals surface area (Å²) >= 11 is 1.74. The van der Waals surface area contributed by atoms with Gasteiger partial charge in [0.05, 0.1) is 11.4 Å². The second-order valence-electron chi connectivity index (χ2n) is 6.57. The third kappa shape index (κ3) is 5.36. The van der Waals surface area contributed by atoms with E-state index in [2.05, 4.69) is 38.2 Å². The molecule has 0 amide bonds. The number of hydrogen-bond donors (Lipinski definition) is 3. The van der Waals surface area contributed by atoms with Gasteiger partial charge in [0.1, 0.15) is 23.3 Å². The lowest BCUT2D eigenvalue weighted by Gasteiger charge is -2.11. The molecular weight excluding hydrogens is 401 g/mol. The molecule has 2 aromatic heterocycles. The van der Waals surface area contributed by atoms with E-state index in [0.29, 0.717) is 29.9 Å². The summed E-state index contributed by atoms with van der Waals surface area (Å²) in [5.74, 6) is 0.662. The molecular formula is C21H24FN7S. The number of nitrogens with two attached hydrogens (primary N) is 1. The number of nitrogens with zero attached hydrogens (tertiary/aromatic N) is 4. The summed E-state index contributed by atoms with van der Waals surface area (Å²) in [6.07, 6.45) is 2.28. The fraction of sp³-hybridized carbons (Fsp3) is 0.286. The Kier molecular flexibility index (Phi) is 7.40. The first-order valence-electron chi connectivity index (χ1n) is 9.62. The van der Waals surface area contributed by atoms with E-state index in [0.717, 1.165) is 25.3 Å². The molecule has 0 aliphatic carbocycles. The van der Waals surface area contributed by atoms with Crippen LogP contribution in [0.1, 0.15) is 22.6 Å². The van der Waals surface area contributed by atoms with Crippen LogP contribution >= 0.6 is 11.3 Å². The average Bonchev–Trinajstić information content (AvgIpc) is 3.38. The molecule has 0 saturated carbocycles. The normalized spacial score (nSPS) is 11.3. The van der Waals surface area contributed by atoms with Crippen LogP contribution in [-0.2, 0) is 12.8 Å². The summed E-state index contributed by atoms with van der Waals surface area (Å²) in [6, 6.07) is 12.1. The lowest BCUT2D eigenvalue weighted by molar-refractivity contribution is 0.627. The number of nitrogens with one attached hydrogen (secondary N) is 2. The second-order valence-corrected chi connectivity index (χ2v) is 7.60. The van der Waals surface area contributed by atoms with Gasteiger partial charge in [-0.15, -0.1) is 11.3 Å². The van der Waals surface area contributed by atoms with E-state index in [1.54, 1.807) is 30.5 Å². The predicted octanol–water partition coefficient (Wildman–Crippen LogP) is 2.87. The Labute approximate surface area is 179 Å². The molecule has 3 aromatic rings. The van der Waals surface area contributed by atoms with Gasteiger partial charge in [-0.05, 0) is 55.0 Å². The number of aryl methyl sites for hydroxylation is 1. The molecule has 0 bridgehead atoms. The largest absolute Gasteiger partial charge is 0.382 e. The SMILES string of the molecule is CN=C(NCCCc1nn(-c2ccc(F)cc2)c(N)c1C#N)NCCc1cccs1. The van der Waals surface area contributed by atoms with Crippen molar-refractivity contribution in [2.75, 3.05) is 25.9 Å². The van der Waals surface area contributed by atoms with Crippen LogP contribution in [0, 0.1) is 17.1 Å². The maximum absolute atomic E-state index is 13.2. The summed E-state index contributed by atoms with van der Waals surface area (Å²) in [5.41, 5.74) is 7.70. The van der Waals surface area contributed by atoms with Gasteiger partial charge in [0.25, 0.3) is 0 Å². The smallest absolute Gasteiger partial charge is 0.190 e. The Morgan fingerprint density at radius 2 is 2.00 bits per heavy atom. The van der Waals surface area contributed by atoms with Crippen molar-refractivity contribution >= 4 is 23.1 Å². The maximum Gasteiger partial charge on any atom is 0.190 e. The highest BCUT2D eigenvalue weighted by Gasteiger charge is 2.16. The molecule has 0 fully saturated rings. The van der Waals surface area contributed by atoms with Crippen molar-refractivity contribution in [2.24, 2.45) is 4.99 Å². The van der Waals surface area contributed by atoms with Crippen molar-refractivity contribution in [3.8, 4) is 11.8 Å². The standard InChI is InChI=1S/C21H24FN7S/c1-25-21(27-12-10-17-4-3-13-30-17)26-11-2-5-19-18(14-23)20(24)29(28-19)16-8-6-15(22)7-9-16/h3-4,6-9,13H,2,5,10-12,24H2,1H3,(H2,25,26,27). The number of aliphatic imine (C=N–C) groups is 1. The molecule has 0 unspecified atom stereocenters. The predicted molar refractivity (Wildman–Crippen MR) is 118 cm³/mol. The first-order chi connectivity index (χ1) is 14.6. The molecule has 0 spiro atoms. The zero-order chi connectivity index (χ0) is 21.3. The van der Waals surface area contributed by atoms with Crippen LogP contribution in [-0.4, -0.2) is 35.9 Å². The van der Waals surface area contributed by atoms with E-state index < -0.39 is 0 Å². The molecule has 30 heavy (non-hydrogen) atoms. The summed E-state index contributed by atoms with van der Waals surface area (Å²) in [4.78, 5) is 5.56. The van der Waals surface area contributed by atoms with Crippen molar-refractivity contribution in [3.05, 3.63) is 63.7 Å². The van der Waals surface area contributed by atoms with E-state index in [1.807, 2.05) is 6.07 Å². The van der Waals surface area contributed by atoms with Gasteiger partial charge in [0.15, 0.2) is 5.96 Å². The lowest BCUT2D eigenvalue weighted by Crippen LogP contribution is -2.38. The number of hydrogen-bond acceptors (Lipinski definition) is 5. The Balaban J connectivity index is 1.52. The van der Waals surface area contributed by atoms with Crippen LogP contribution in [0.5, 0.6) is 0 Å². The number of nitriles is 1. The van der Waals surface area contributed by atoms with Gasteiger partial charge >= 0.3 is 0 Å². The van der Waals surface area contributed by atoms with Crippen LogP contribution in [0.3, 0.4) is 0 Å².